The first kappa shape index (κ1) is 16.4. The van der Waals surface area contributed by atoms with Crippen LogP contribution in [-0.4, -0.2) is 38.8 Å². The van der Waals surface area contributed by atoms with Crippen molar-refractivity contribution in [3.05, 3.63) is 18.2 Å². The van der Waals surface area contributed by atoms with Gasteiger partial charge in [-0.3, -0.25) is 5.32 Å². The van der Waals surface area contributed by atoms with Gasteiger partial charge in [0.2, 0.25) is 0 Å². The summed E-state index contributed by atoms with van der Waals surface area (Å²) < 4.78 is 10.2. The van der Waals surface area contributed by atoms with Gasteiger partial charge in [-0.15, -0.1) is 11.6 Å². The Labute approximate surface area is 124 Å². The van der Waals surface area contributed by atoms with E-state index < -0.39 is 6.09 Å². The van der Waals surface area contributed by atoms with Gasteiger partial charge in [0.1, 0.15) is 12.4 Å². The Bertz CT molecular complexity index is 436. The number of rotatable bonds is 7. The van der Waals surface area contributed by atoms with Gasteiger partial charge in [0.15, 0.2) is 0 Å². The summed E-state index contributed by atoms with van der Waals surface area (Å²) in [5, 5.41) is 2.67. The summed E-state index contributed by atoms with van der Waals surface area (Å²) in [5.41, 5.74) is 1.60. The van der Waals surface area contributed by atoms with Crippen LogP contribution in [0.25, 0.3) is 0 Å². The van der Waals surface area contributed by atoms with Crippen molar-refractivity contribution >= 4 is 29.1 Å². The van der Waals surface area contributed by atoms with Gasteiger partial charge in [0, 0.05) is 18.8 Å². The van der Waals surface area contributed by atoms with Crippen molar-refractivity contribution in [2.75, 3.05) is 42.9 Å². The average molecular weight is 301 g/mol. The van der Waals surface area contributed by atoms with Gasteiger partial charge in [-0.1, -0.05) is 0 Å². The second-order valence-electron chi connectivity index (χ2n) is 4.01. The molecule has 20 heavy (non-hydrogen) atoms. The minimum atomic E-state index is -0.513. The van der Waals surface area contributed by atoms with E-state index in [9.17, 15) is 4.79 Å². The highest BCUT2D eigenvalue weighted by Gasteiger charge is 2.11. The molecule has 0 radical (unpaired) electrons. The third kappa shape index (κ3) is 4.49. The zero-order valence-electron chi connectivity index (χ0n) is 12.1. The van der Waals surface area contributed by atoms with Crippen LogP contribution in [0.15, 0.2) is 18.2 Å². The Hall–Kier alpha value is -1.62. The molecule has 1 amide bonds. The van der Waals surface area contributed by atoms with Crippen LogP contribution in [0.3, 0.4) is 0 Å². The number of benzene rings is 1. The third-order valence-electron chi connectivity index (χ3n) is 2.84. The van der Waals surface area contributed by atoms with Gasteiger partial charge in [-0.05, 0) is 32.0 Å². The molecule has 0 aliphatic carbocycles. The molecular formula is C14H21ClN2O3. The Morgan fingerprint density at radius 1 is 1.35 bits per heavy atom. The smallest absolute Gasteiger partial charge is 0.411 e. The van der Waals surface area contributed by atoms with E-state index >= 15 is 0 Å². The zero-order chi connectivity index (χ0) is 15.0. The van der Waals surface area contributed by atoms with Crippen LogP contribution >= 0.6 is 11.6 Å². The molecule has 0 atom stereocenters. The van der Waals surface area contributed by atoms with Crippen LogP contribution in [-0.2, 0) is 4.74 Å². The van der Waals surface area contributed by atoms with E-state index in [4.69, 9.17) is 21.1 Å². The van der Waals surface area contributed by atoms with Crippen molar-refractivity contribution in [1.29, 1.82) is 0 Å². The van der Waals surface area contributed by atoms with E-state index in [1.165, 1.54) is 0 Å². The number of carbonyl (C=O) groups excluding carboxylic acids is 1. The number of nitrogens with zero attached hydrogens (tertiary/aromatic N) is 1. The number of hydrogen-bond donors (Lipinski definition) is 1. The molecule has 1 N–H and O–H groups in total. The third-order valence-corrected chi connectivity index (χ3v) is 2.99. The Balaban J connectivity index is 2.89. The summed E-state index contributed by atoms with van der Waals surface area (Å²) in [6, 6.07) is 5.46. The molecule has 0 aliphatic heterocycles. The molecule has 1 aromatic rings. The number of amides is 1. The molecule has 1 rings (SSSR count). The molecule has 1 aromatic carbocycles. The second-order valence-corrected chi connectivity index (χ2v) is 4.39. The fourth-order valence-corrected chi connectivity index (χ4v) is 1.94. The topological polar surface area (TPSA) is 50.8 Å². The van der Waals surface area contributed by atoms with Crippen LogP contribution in [0.5, 0.6) is 5.75 Å². The summed E-state index contributed by atoms with van der Waals surface area (Å²) >= 11 is 5.46. The summed E-state index contributed by atoms with van der Waals surface area (Å²) in [5.74, 6) is 1.05. The maximum Gasteiger partial charge on any atom is 0.411 e. The van der Waals surface area contributed by atoms with E-state index in [0.29, 0.717) is 5.69 Å². The monoisotopic (exact) mass is 300 g/mol. The van der Waals surface area contributed by atoms with Crippen LogP contribution < -0.4 is 15.0 Å². The number of methoxy groups -OCH3 is 1. The molecule has 0 spiro atoms. The first-order valence-electron chi connectivity index (χ1n) is 6.58. The highest BCUT2D eigenvalue weighted by Crippen LogP contribution is 2.31. The predicted molar refractivity (Wildman–Crippen MR) is 82.2 cm³/mol. The van der Waals surface area contributed by atoms with Crippen LogP contribution in [0.2, 0.25) is 0 Å². The first-order valence-corrected chi connectivity index (χ1v) is 7.12. The normalized spacial score (nSPS) is 10.0. The molecule has 112 valence electrons. The van der Waals surface area contributed by atoms with Crippen LogP contribution in [0.4, 0.5) is 16.2 Å². The standard InChI is InChI=1S/C14H21ClN2O3/c1-4-17(5-2)12-10-11(6-7-13(12)19-3)16-14(18)20-9-8-15/h6-7,10H,4-5,8-9H2,1-3H3,(H,16,18). The lowest BCUT2D eigenvalue weighted by molar-refractivity contribution is 0.168. The van der Waals surface area contributed by atoms with Gasteiger partial charge in [-0.2, -0.15) is 0 Å². The summed E-state index contributed by atoms with van der Waals surface area (Å²) in [6.07, 6.45) is -0.513. The molecule has 0 aliphatic rings. The molecule has 0 heterocycles. The van der Waals surface area contributed by atoms with Gasteiger partial charge in [0.25, 0.3) is 0 Å². The minimum Gasteiger partial charge on any atom is -0.495 e. The number of halogens is 1. The van der Waals surface area contributed by atoms with E-state index in [1.807, 2.05) is 12.1 Å². The Kier molecular flexibility index (Phi) is 7.01. The lowest BCUT2D eigenvalue weighted by Crippen LogP contribution is -2.23. The molecular weight excluding hydrogens is 280 g/mol. The number of carbonyl (C=O) groups is 1. The first-order chi connectivity index (χ1) is 9.65. The van der Waals surface area contributed by atoms with E-state index in [-0.39, 0.29) is 12.5 Å². The van der Waals surface area contributed by atoms with Gasteiger partial charge in [-0.25, -0.2) is 4.79 Å². The highest BCUT2D eigenvalue weighted by molar-refractivity contribution is 6.18. The van der Waals surface area contributed by atoms with Crippen molar-refractivity contribution in [2.45, 2.75) is 13.8 Å². The molecule has 0 saturated carbocycles. The number of nitrogens with one attached hydrogen (secondary N) is 1. The largest absolute Gasteiger partial charge is 0.495 e. The van der Waals surface area contributed by atoms with E-state index in [1.54, 1.807) is 13.2 Å². The fourth-order valence-electron chi connectivity index (χ4n) is 1.86. The van der Waals surface area contributed by atoms with E-state index in [0.717, 1.165) is 24.5 Å². The number of alkyl halides is 1. The molecule has 0 unspecified atom stereocenters. The fraction of sp³-hybridized carbons (Fsp3) is 0.500. The van der Waals surface area contributed by atoms with Crippen molar-refractivity contribution in [1.82, 2.24) is 0 Å². The lowest BCUT2D eigenvalue weighted by Gasteiger charge is -2.24. The number of hydrogen-bond acceptors (Lipinski definition) is 4. The predicted octanol–water partition coefficient (Wildman–Crippen LogP) is 3.33. The van der Waals surface area contributed by atoms with Gasteiger partial charge >= 0.3 is 6.09 Å². The van der Waals surface area contributed by atoms with Crippen molar-refractivity contribution < 1.29 is 14.3 Å². The molecule has 0 bridgehead atoms. The van der Waals surface area contributed by atoms with E-state index in [2.05, 4.69) is 24.1 Å². The van der Waals surface area contributed by atoms with Crippen molar-refractivity contribution in [3.8, 4) is 5.75 Å². The number of anilines is 2. The molecule has 6 heteroatoms. The quantitative estimate of drug-likeness (QED) is 0.785. The average Bonchev–Trinajstić information content (AvgIpc) is 2.47. The summed E-state index contributed by atoms with van der Waals surface area (Å²) in [4.78, 5) is 13.7. The highest BCUT2D eigenvalue weighted by atomic mass is 35.5. The summed E-state index contributed by atoms with van der Waals surface area (Å²) in [7, 11) is 1.63. The number of ether oxygens (including phenoxy) is 2. The second kappa shape index (κ2) is 8.53. The molecule has 5 nitrogen and oxygen atoms in total. The summed E-state index contributed by atoms with van der Waals surface area (Å²) in [6.45, 7) is 6.03. The zero-order valence-corrected chi connectivity index (χ0v) is 12.9. The minimum absolute atomic E-state index is 0.187. The van der Waals surface area contributed by atoms with Gasteiger partial charge in [0.05, 0.1) is 18.7 Å². The van der Waals surface area contributed by atoms with Crippen LogP contribution in [0.1, 0.15) is 13.8 Å². The van der Waals surface area contributed by atoms with Crippen molar-refractivity contribution in [3.63, 3.8) is 0 Å². The molecule has 0 aromatic heterocycles. The van der Waals surface area contributed by atoms with Crippen molar-refractivity contribution in [2.24, 2.45) is 0 Å². The SMILES string of the molecule is CCN(CC)c1cc(NC(=O)OCCCl)ccc1OC. The Morgan fingerprint density at radius 3 is 2.60 bits per heavy atom. The molecule has 0 fully saturated rings. The maximum atomic E-state index is 11.5. The maximum absolute atomic E-state index is 11.5. The Morgan fingerprint density at radius 2 is 2.05 bits per heavy atom. The lowest BCUT2D eigenvalue weighted by atomic mass is 10.2. The van der Waals surface area contributed by atoms with Crippen LogP contribution in [0, 0.1) is 0 Å². The molecule has 0 saturated heterocycles. The van der Waals surface area contributed by atoms with Gasteiger partial charge < -0.3 is 14.4 Å².